The summed E-state index contributed by atoms with van der Waals surface area (Å²) in [6, 6.07) is -1.48. The van der Waals surface area contributed by atoms with E-state index >= 15 is 0 Å². The van der Waals surface area contributed by atoms with Gasteiger partial charge in [-0.15, -0.1) is 0 Å². The molecule has 0 radical (unpaired) electrons. The van der Waals surface area contributed by atoms with Gasteiger partial charge in [-0.25, -0.2) is 0 Å². The average molecular weight is 1040 g/mol. The average Bonchev–Trinajstić information content (AvgIpc) is 3.37. The molecule has 1 saturated heterocycles. The highest BCUT2D eigenvalue weighted by Gasteiger charge is 2.33. The molecule has 1 aliphatic heterocycles. The van der Waals surface area contributed by atoms with Crippen LogP contribution >= 0.6 is 0 Å². The van der Waals surface area contributed by atoms with E-state index in [0.717, 1.165) is 89.9 Å². The topological polar surface area (TPSA) is 187 Å². The van der Waals surface area contributed by atoms with Crippen molar-refractivity contribution in [3.63, 3.8) is 0 Å². The molecule has 0 aromatic heterocycles. The first kappa shape index (κ1) is 67.7. The lowest BCUT2D eigenvalue weighted by molar-refractivity contribution is -0.146. The van der Waals surface area contributed by atoms with E-state index in [4.69, 9.17) is 18.9 Å². The van der Waals surface area contributed by atoms with Crippen LogP contribution in [0.5, 0.6) is 0 Å². The number of unbranched alkanes of at least 4 members (excludes halogenated alkanes) is 17. The van der Waals surface area contributed by atoms with E-state index in [0.29, 0.717) is 70.9 Å². The zero-order chi connectivity index (χ0) is 54.0. The van der Waals surface area contributed by atoms with E-state index in [-0.39, 0.29) is 74.2 Å². The summed E-state index contributed by atoms with van der Waals surface area (Å²) in [7, 11) is 0. The van der Waals surface area contributed by atoms with Gasteiger partial charge in [-0.1, -0.05) is 127 Å². The molecule has 0 aliphatic carbocycles. The van der Waals surface area contributed by atoms with Gasteiger partial charge in [0.1, 0.15) is 25.3 Å². The van der Waals surface area contributed by atoms with Crippen LogP contribution in [0.3, 0.4) is 0 Å². The van der Waals surface area contributed by atoms with Crippen LogP contribution in [-0.4, -0.2) is 99.4 Å². The predicted molar refractivity (Wildman–Crippen MR) is 298 cm³/mol. The zero-order valence-electron chi connectivity index (χ0n) is 46.9. The lowest BCUT2D eigenvalue weighted by Crippen LogP contribution is -2.61. The molecule has 14 nitrogen and oxygen atoms in total. The Kier molecular flexibility index (Phi) is 45.4. The molecular weight excluding hydrogens is 937 g/mol. The molecular formula is C60H104N4O10. The molecule has 424 valence electrons. The fourth-order valence-electron chi connectivity index (χ4n) is 8.64. The summed E-state index contributed by atoms with van der Waals surface area (Å²) in [5.74, 6) is -1.55. The van der Waals surface area contributed by atoms with Gasteiger partial charge in [0.15, 0.2) is 0 Å². The Morgan fingerprint density at radius 2 is 0.892 bits per heavy atom. The number of carbonyl (C=O) groups is 6. The van der Waals surface area contributed by atoms with Gasteiger partial charge in [0.05, 0.1) is 13.2 Å². The van der Waals surface area contributed by atoms with Crippen molar-refractivity contribution in [2.24, 2.45) is 0 Å². The molecule has 14 heteroatoms. The van der Waals surface area contributed by atoms with E-state index in [1.54, 1.807) is 0 Å². The Bertz CT molecular complexity index is 1580. The molecule has 0 aromatic carbocycles. The number of amides is 2. The molecule has 0 spiro atoms. The number of hydrogen-bond acceptors (Lipinski definition) is 12. The highest BCUT2D eigenvalue weighted by atomic mass is 16.5. The van der Waals surface area contributed by atoms with E-state index < -0.39 is 12.1 Å². The zero-order valence-corrected chi connectivity index (χ0v) is 46.9. The third-order valence-corrected chi connectivity index (χ3v) is 13.1. The molecule has 4 unspecified atom stereocenters. The van der Waals surface area contributed by atoms with Crippen molar-refractivity contribution in [3.05, 3.63) is 48.6 Å². The van der Waals surface area contributed by atoms with Gasteiger partial charge >= 0.3 is 23.9 Å². The largest absolute Gasteiger partial charge is 0.466 e. The molecule has 0 saturated carbocycles. The number of ether oxygens (including phenoxy) is 4. The molecule has 4 N–H and O–H groups in total. The Hall–Kier alpha value is -4.30. The second kappa shape index (κ2) is 49.6. The molecule has 2 amide bonds. The minimum absolute atomic E-state index is 0.0346. The van der Waals surface area contributed by atoms with Crippen molar-refractivity contribution in [3.8, 4) is 0 Å². The third kappa shape index (κ3) is 43.0. The maximum absolute atomic E-state index is 13.1. The number of allylic oxidation sites excluding steroid dienone is 8. The molecule has 0 aromatic rings. The van der Waals surface area contributed by atoms with Crippen molar-refractivity contribution >= 4 is 35.7 Å². The van der Waals surface area contributed by atoms with Crippen LogP contribution in [-0.2, 0) is 47.7 Å². The van der Waals surface area contributed by atoms with Gasteiger partial charge in [-0.05, 0) is 129 Å². The molecule has 1 aliphatic rings. The summed E-state index contributed by atoms with van der Waals surface area (Å²) in [6.07, 6.45) is 48.3. The Balaban J connectivity index is 2.31. The Morgan fingerprint density at radius 3 is 1.39 bits per heavy atom. The lowest BCUT2D eigenvalue weighted by atomic mass is 9.99. The Labute approximate surface area is 448 Å². The Morgan fingerprint density at radius 1 is 0.459 bits per heavy atom. The number of nitrogens with one attached hydrogen (secondary N) is 4. The summed E-state index contributed by atoms with van der Waals surface area (Å²) in [5.41, 5.74) is 0. The number of rotatable bonds is 50. The third-order valence-electron chi connectivity index (χ3n) is 13.1. The first-order valence-corrected chi connectivity index (χ1v) is 29.3. The van der Waals surface area contributed by atoms with Gasteiger partial charge in [0.2, 0.25) is 11.8 Å². The van der Waals surface area contributed by atoms with Gasteiger partial charge in [0, 0.05) is 51.7 Å². The summed E-state index contributed by atoms with van der Waals surface area (Å²) >= 11 is 0. The lowest BCUT2D eigenvalue weighted by Gasteiger charge is -2.30. The summed E-state index contributed by atoms with van der Waals surface area (Å²) in [4.78, 5) is 73.8. The standard InChI is InChI=1S/C60H104N4O10/c1-5-7-9-11-13-15-17-19-21-23-25-27-29-31-33-41-57(67)73-49-46-62-53(43-47-71-51(3)65)38-37-40-56-60(70)63-55(59(69)64-56)39-35-36-45-61-54(44-48-72-52(4)66)50-74-58(68)42-34-32-30-28-26-24-22-20-18-16-14-12-10-8-6-2/h13-16,19-22,53-56,61-62H,5-12,17-18,23-50H2,1-4H3,(H,63,70)(H,64,69)/b15-13+,16-14+,21-19+,22-20+. The fourth-order valence-corrected chi connectivity index (χ4v) is 8.64. The molecule has 1 fully saturated rings. The monoisotopic (exact) mass is 1040 g/mol. The normalized spacial score (nSPS) is 15.7. The van der Waals surface area contributed by atoms with Crippen LogP contribution in [0.2, 0.25) is 0 Å². The molecule has 4 atom stereocenters. The van der Waals surface area contributed by atoms with Gasteiger partial charge < -0.3 is 40.2 Å². The van der Waals surface area contributed by atoms with Crippen molar-refractivity contribution in [2.45, 2.75) is 257 Å². The second-order valence-electron chi connectivity index (χ2n) is 20.0. The van der Waals surface area contributed by atoms with E-state index in [1.165, 1.54) is 71.6 Å². The maximum Gasteiger partial charge on any atom is 0.305 e. The van der Waals surface area contributed by atoms with Gasteiger partial charge in [-0.2, -0.15) is 0 Å². The number of esters is 4. The first-order valence-electron chi connectivity index (χ1n) is 29.3. The minimum atomic E-state index is -0.638. The van der Waals surface area contributed by atoms with Crippen molar-refractivity contribution in [1.82, 2.24) is 21.3 Å². The van der Waals surface area contributed by atoms with Gasteiger partial charge in [0.25, 0.3) is 0 Å². The quantitative estimate of drug-likeness (QED) is 0.0196. The van der Waals surface area contributed by atoms with Crippen molar-refractivity contribution in [2.75, 3.05) is 39.5 Å². The number of piperazine rings is 1. The van der Waals surface area contributed by atoms with E-state index in [2.05, 4.69) is 83.7 Å². The highest BCUT2D eigenvalue weighted by Crippen LogP contribution is 2.15. The molecule has 0 bridgehead atoms. The second-order valence-corrected chi connectivity index (χ2v) is 20.0. The summed E-state index contributed by atoms with van der Waals surface area (Å²) < 4.78 is 21.4. The van der Waals surface area contributed by atoms with Crippen LogP contribution in [0.25, 0.3) is 0 Å². The van der Waals surface area contributed by atoms with Crippen LogP contribution in [0.15, 0.2) is 48.6 Å². The molecule has 1 rings (SSSR count). The number of carbonyl (C=O) groups excluding carboxylic acids is 6. The SMILES string of the molecule is CCCCC/C=C/C/C=C/CCCCCCCC(=O)OCCNC(CCCC1NC(=O)C(CCCCNC(CCOC(C)=O)COC(=O)CCCCCCC/C=C/C/C=C/CCCCC)NC1=O)CCOC(C)=O. The van der Waals surface area contributed by atoms with Crippen molar-refractivity contribution < 1.29 is 47.7 Å². The van der Waals surface area contributed by atoms with Crippen LogP contribution in [0, 0.1) is 0 Å². The van der Waals surface area contributed by atoms with Gasteiger partial charge in [-0.3, -0.25) is 28.8 Å². The molecule has 1 heterocycles. The molecule has 74 heavy (non-hydrogen) atoms. The predicted octanol–water partition coefficient (Wildman–Crippen LogP) is 11.8. The first-order chi connectivity index (χ1) is 36.0. The summed E-state index contributed by atoms with van der Waals surface area (Å²) in [5, 5.41) is 12.6. The van der Waals surface area contributed by atoms with Crippen LogP contribution < -0.4 is 21.3 Å². The maximum atomic E-state index is 13.1. The fraction of sp³-hybridized carbons (Fsp3) is 0.767. The van der Waals surface area contributed by atoms with Crippen LogP contribution in [0.1, 0.15) is 233 Å². The van der Waals surface area contributed by atoms with Crippen molar-refractivity contribution in [1.29, 1.82) is 0 Å². The van der Waals surface area contributed by atoms with E-state index in [1.807, 2.05) is 0 Å². The summed E-state index contributed by atoms with van der Waals surface area (Å²) in [6.45, 7) is 9.13. The van der Waals surface area contributed by atoms with E-state index in [9.17, 15) is 28.8 Å². The smallest absolute Gasteiger partial charge is 0.305 e. The highest BCUT2D eigenvalue weighted by molar-refractivity contribution is 5.96. The minimum Gasteiger partial charge on any atom is -0.466 e. The van der Waals surface area contributed by atoms with Crippen LogP contribution in [0.4, 0.5) is 0 Å². The number of hydrogen-bond donors (Lipinski definition) is 4.